The Hall–Kier alpha value is -2.22. The van der Waals surface area contributed by atoms with Crippen LogP contribution in [0.3, 0.4) is 0 Å². The Morgan fingerprint density at radius 2 is 1.02 bits per heavy atom. The quantitative estimate of drug-likeness (QED) is 0.364. The van der Waals surface area contributed by atoms with Crippen LogP contribution in [0.5, 0.6) is 0 Å². The Balaban J connectivity index is 0.000000145. The lowest BCUT2D eigenvalue weighted by atomic mass is 9.96. The zero-order chi connectivity index (χ0) is 46.8. The summed E-state index contributed by atoms with van der Waals surface area (Å²) in [5, 5.41) is 9.92. The predicted molar refractivity (Wildman–Crippen MR) is 229 cm³/mol. The molecule has 0 radical (unpaired) electrons. The fourth-order valence-corrected chi connectivity index (χ4v) is 10.3. The van der Waals surface area contributed by atoms with E-state index in [-0.39, 0.29) is 96.5 Å². The molecule has 0 aromatic heterocycles. The van der Waals surface area contributed by atoms with Gasteiger partial charge >= 0.3 is 0 Å². The van der Waals surface area contributed by atoms with Crippen molar-refractivity contribution in [2.24, 2.45) is 17.8 Å². The fourth-order valence-electron chi connectivity index (χ4n) is 10.3. The Kier molecular flexibility index (Phi) is 14.7. The average Bonchev–Trinajstić information content (AvgIpc) is 4.04. The number of Topliss-reactive ketones (excluding diaryl/α,β-unsaturated/α-hetero) is 2. The van der Waals surface area contributed by atoms with E-state index in [9.17, 15) is 14.7 Å². The first-order valence-corrected chi connectivity index (χ1v) is 22.4. The predicted octanol–water partition coefficient (Wildman–Crippen LogP) is 5.80. The first-order valence-electron chi connectivity index (χ1n) is 22.4. The standard InChI is InChI=1S/C19H28O4.C10H18O4.C10H16O4.C9H12O3/c1-12-14(20-6)16-17(23-19(4,5)22-16)15(12)21-18(2,3)13-10-8-7-9-11-13;2*1-5-6(11)8-9(7(5)12-4)14-10(2,3)13-8;1-5-4-6-8(7(5)10)12-9(2,3)11-6/h7-12,14-17H,1-6H3;5-9,11H,1-4H3;5,7-9H,1-4H3;4,6,8H,1-3H3/t;;;6-,8-/m...0/s1. The lowest BCUT2D eigenvalue weighted by molar-refractivity contribution is -0.201. The van der Waals surface area contributed by atoms with Gasteiger partial charge in [-0.1, -0.05) is 51.1 Å². The van der Waals surface area contributed by atoms with Gasteiger partial charge in [-0.2, -0.15) is 0 Å². The topological polar surface area (TPSA) is 165 Å². The first-order chi connectivity index (χ1) is 29.2. The van der Waals surface area contributed by atoms with Gasteiger partial charge in [-0.25, -0.2) is 0 Å². The highest BCUT2D eigenvalue weighted by molar-refractivity contribution is 6.01. The van der Waals surface area contributed by atoms with E-state index in [1.165, 1.54) is 0 Å². The van der Waals surface area contributed by atoms with Gasteiger partial charge in [0, 0.05) is 39.1 Å². The largest absolute Gasteiger partial charge is 0.390 e. The van der Waals surface area contributed by atoms with Gasteiger partial charge in [-0.15, -0.1) is 0 Å². The number of methoxy groups -OCH3 is 3. The molecule has 1 N–H and O–H groups in total. The molecule has 9 rings (SSSR count). The van der Waals surface area contributed by atoms with Gasteiger partial charge < -0.3 is 61.9 Å². The molecule has 0 amide bonds. The Labute approximate surface area is 374 Å². The van der Waals surface area contributed by atoms with E-state index in [1.807, 2.05) is 93.5 Å². The Bertz CT molecular complexity index is 1790. The van der Waals surface area contributed by atoms with Crippen LogP contribution in [0, 0.1) is 17.8 Å². The number of ketones is 2. The summed E-state index contributed by atoms with van der Waals surface area (Å²) in [5.41, 5.74) is 1.51. The molecule has 7 fully saturated rings. The summed E-state index contributed by atoms with van der Waals surface area (Å²) in [6.07, 6.45) is -0.783. The summed E-state index contributed by atoms with van der Waals surface area (Å²) < 4.78 is 68.5. The molecule has 16 atom stereocenters. The number of aliphatic hydroxyl groups excluding tert-OH is 1. The van der Waals surface area contributed by atoms with Crippen LogP contribution in [0.4, 0.5) is 0 Å². The second kappa shape index (κ2) is 18.5. The molecule has 1 aromatic carbocycles. The number of carbonyl (C=O) groups is 2. The van der Waals surface area contributed by atoms with E-state index >= 15 is 0 Å². The molecule has 3 saturated carbocycles. The number of hydrogen-bond acceptors (Lipinski definition) is 15. The molecule has 4 heterocycles. The second-order valence-corrected chi connectivity index (χ2v) is 20.3. The molecular weight excluding hydrogens is 817 g/mol. The van der Waals surface area contributed by atoms with Crippen molar-refractivity contribution in [1.29, 1.82) is 0 Å². The molecule has 1 aromatic rings. The van der Waals surface area contributed by atoms with Crippen LogP contribution in [0.25, 0.3) is 0 Å². The summed E-state index contributed by atoms with van der Waals surface area (Å²) in [4.78, 5) is 23.2. The van der Waals surface area contributed by atoms with E-state index < -0.39 is 41.0 Å². The smallest absolute Gasteiger partial charge is 0.190 e. The zero-order valence-corrected chi connectivity index (χ0v) is 40.4. The fraction of sp³-hybridized carbons (Fsp3) is 0.792. The van der Waals surface area contributed by atoms with Gasteiger partial charge in [0.05, 0.1) is 36.1 Å². The minimum atomic E-state index is -0.665. The van der Waals surface area contributed by atoms with Crippen molar-refractivity contribution in [2.45, 2.75) is 205 Å². The van der Waals surface area contributed by atoms with Gasteiger partial charge in [0.2, 0.25) is 0 Å². The van der Waals surface area contributed by atoms with Crippen LogP contribution in [-0.4, -0.2) is 141 Å². The second-order valence-electron chi connectivity index (χ2n) is 20.3. The van der Waals surface area contributed by atoms with E-state index in [2.05, 4.69) is 32.9 Å². The maximum absolute atomic E-state index is 11.8. The van der Waals surface area contributed by atoms with Crippen LogP contribution in [0.15, 0.2) is 42.0 Å². The van der Waals surface area contributed by atoms with Crippen LogP contribution >= 0.6 is 0 Å². The molecular formula is C48H74O15. The van der Waals surface area contributed by atoms with Gasteiger partial charge in [0.1, 0.15) is 42.7 Å². The first kappa shape index (κ1) is 50.2. The molecule has 15 heteroatoms. The molecule has 356 valence electrons. The number of fused-ring (bicyclic) bond motifs is 4. The van der Waals surface area contributed by atoms with E-state index in [1.54, 1.807) is 28.3 Å². The summed E-state index contributed by atoms with van der Waals surface area (Å²) in [5.74, 6) is -2.19. The maximum atomic E-state index is 11.8. The molecule has 63 heavy (non-hydrogen) atoms. The van der Waals surface area contributed by atoms with Gasteiger partial charge in [0.15, 0.2) is 40.8 Å². The van der Waals surface area contributed by atoms with E-state index in [0.717, 1.165) is 11.1 Å². The lowest BCUT2D eigenvalue weighted by Crippen LogP contribution is -2.39. The molecule has 4 aliphatic carbocycles. The van der Waals surface area contributed by atoms with E-state index in [4.69, 9.17) is 56.8 Å². The summed E-state index contributed by atoms with van der Waals surface area (Å²) in [7, 11) is 4.98. The Morgan fingerprint density at radius 1 is 0.571 bits per heavy atom. The van der Waals surface area contributed by atoms with Crippen molar-refractivity contribution in [2.75, 3.05) is 21.3 Å². The summed E-state index contributed by atoms with van der Waals surface area (Å²) >= 11 is 0. The number of benzene rings is 1. The highest BCUT2D eigenvalue weighted by Crippen LogP contribution is 2.46. The molecule has 4 aliphatic heterocycles. The third-order valence-electron chi connectivity index (χ3n) is 13.3. The van der Waals surface area contributed by atoms with Crippen LogP contribution in [0.1, 0.15) is 102 Å². The number of rotatable bonds is 6. The minimum absolute atomic E-state index is 0.0154. The summed E-state index contributed by atoms with van der Waals surface area (Å²) in [6.45, 7) is 26.8. The summed E-state index contributed by atoms with van der Waals surface area (Å²) in [6, 6.07) is 10.3. The molecule has 0 bridgehead atoms. The number of carbonyl (C=O) groups excluding carboxylic acids is 2. The molecule has 0 spiro atoms. The lowest BCUT2D eigenvalue weighted by Gasteiger charge is -2.34. The SMILES string of the molecule is CC1=C[C@@H]2OC(C)(C)O[C@@H]2C1=O.COC1C(C)C(=O)C2OC(C)(C)OC21.COC1C(C)C(O)C2OC(C)(C)OC12.COC1C(C)C(OC(C)(C)c2ccccc2)C2OC(C)(C)OC12. The van der Waals surface area contributed by atoms with Crippen LogP contribution in [0.2, 0.25) is 0 Å². The van der Waals surface area contributed by atoms with Gasteiger partial charge in [-0.05, 0) is 93.4 Å². The van der Waals surface area contributed by atoms with Crippen molar-refractivity contribution in [3.63, 3.8) is 0 Å². The van der Waals surface area contributed by atoms with Crippen molar-refractivity contribution in [1.82, 2.24) is 0 Å². The average molecular weight is 891 g/mol. The molecule has 4 saturated heterocycles. The minimum Gasteiger partial charge on any atom is -0.390 e. The zero-order valence-electron chi connectivity index (χ0n) is 40.4. The van der Waals surface area contributed by atoms with Crippen molar-refractivity contribution < 1.29 is 71.5 Å². The monoisotopic (exact) mass is 891 g/mol. The van der Waals surface area contributed by atoms with Crippen molar-refractivity contribution in [3.05, 3.63) is 47.5 Å². The van der Waals surface area contributed by atoms with Gasteiger partial charge in [-0.3, -0.25) is 9.59 Å². The van der Waals surface area contributed by atoms with Crippen molar-refractivity contribution in [3.8, 4) is 0 Å². The molecule has 15 nitrogen and oxygen atoms in total. The van der Waals surface area contributed by atoms with Crippen LogP contribution < -0.4 is 0 Å². The molecule has 8 aliphatic rings. The van der Waals surface area contributed by atoms with Crippen LogP contribution in [-0.2, 0) is 72.0 Å². The molecule has 14 unspecified atom stereocenters. The highest BCUT2D eigenvalue weighted by atomic mass is 16.8. The Morgan fingerprint density at radius 3 is 1.56 bits per heavy atom. The number of hydrogen-bond donors (Lipinski definition) is 1. The maximum Gasteiger partial charge on any atom is 0.190 e. The highest BCUT2D eigenvalue weighted by Gasteiger charge is 2.61. The number of aliphatic hydroxyl groups is 1. The van der Waals surface area contributed by atoms with Gasteiger partial charge in [0.25, 0.3) is 0 Å². The normalized spacial score (nSPS) is 41.9. The third kappa shape index (κ3) is 10.4. The third-order valence-corrected chi connectivity index (χ3v) is 13.3. The van der Waals surface area contributed by atoms with E-state index in [0.29, 0.717) is 0 Å². The number of ether oxygens (including phenoxy) is 12. The van der Waals surface area contributed by atoms with Crippen molar-refractivity contribution >= 4 is 11.6 Å².